The number of carbonyl (C=O) groups is 3. The summed E-state index contributed by atoms with van der Waals surface area (Å²) < 4.78 is 11.6. The van der Waals surface area contributed by atoms with Crippen LogP contribution in [0, 0.1) is 29.1 Å². The number of carbonyl (C=O) groups excluding carboxylic acids is 3. The van der Waals surface area contributed by atoms with Gasteiger partial charge in [0.25, 0.3) is 0 Å². The topological polar surface area (TPSA) is 91.8 Å². The Morgan fingerprint density at radius 1 is 1.02 bits per heavy atom. The van der Waals surface area contributed by atoms with Crippen molar-refractivity contribution in [2.24, 2.45) is 34.1 Å². The molecule has 2 saturated carbocycles. The molecule has 9 bridgehead atoms. The van der Waals surface area contributed by atoms with Crippen LogP contribution in [-0.2, 0) is 24.5 Å². The van der Waals surface area contributed by atoms with Gasteiger partial charge >= 0.3 is 5.97 Å². The van der Waals surface area contributed by atoms with Crippen LogP contribution in [0.25, 0.3) is 5.57 Å². The minimum Gasteiger partial charge on any atom is -0.496 e. The number of likely N-dealkylation sites (N-methyl/N-ethyl adjacent to an activating group) is 1. The quantitative estimate of drug-likeness (QED) is 0.267. The lowest BCUT2D eigenvalue weighted by Gasteiger charge is -2.58. The Hall–Kier alpha value is -3.82. The molecular weight excluding hydrogens is 628 g/mol. The van der Waals surface area contributed by atoms with Crippen molar-refractivity contribution in [3.05, 3.63) is 64.3 Å². The Morgan fingerprint density at radius 2 is 1.82 bits per heavy atom. The van der Waals surface area contributed by atoms with Crippen LogP contribution in [0.1, 0.15) is 57.1 Å². The normalized spacial score (nSPS) is 46.5. The van der Waals surface area contributed by atoms with Crippen LogP contribution < -0.4 is 9.64 Å². The molecule has 0 radical (unpaired) electrons. The smallest absolute Gasteiger partial charge is 0.310 e. The van der Waals surface area contributed by atoms with Crippen molar-refractivity contribution in [2.75, 3.05) is 45.8 Å². The van der Waals surface area contributed by atoms with E-state index in [0.717, 1.165) is 79.8 Å². The van der Waals surface area contributed by atoms with Crippen molar-refractivity contribution >= 4 is 34.5 Å². The molecule has 9 heterocycles. The van der Waals surface area contributed by atoms with E-state index >= 15 is 0 Å². The predicted octanol–water partition coefficient (Wildman–Crippen LogP) is 4.27. The molecule has 2 unspecified atom stereocenters. The highest BCUT2D eigenvalue weighted by atomic mass is 16.5. The number of piperidine rings is 4. The van der Waals surface area contributed by atoms with Gasteiger partial charge in [0.1, 0.15) is 11.4 Å². The maximum Gasteiger partial charge on any atom is 0.310 e. The number of benzene rings is 1. The van der Waals surface area contributed by atoms with Gasteiger partial charge in [0.05, 0.1) is 42.7 Å². The average Bonchev–Trinajstić information content (AvgIpc) is 3.70. The zero-order chi connectivity index (χ0) is 34.2. The van der Waals surface area contributed by atoms with E-state index in [-0.39, 0.29) is 35.7 Å². The number of methoxy groups -OCH3 is 2. The first-order chi connectivity index (χ1) is 24.2. The molecule has 1 aromatic rings. The highest BCUT2D eigenvalue weighted by Gasteiger charge is 2.76. The number of hydrogen-bond donors (Lipinski definition) is 0. The van der Waals surface area contributed by atoms with Gasteiger partial charge in [0, 0.05) is 67.6 Å². The summed E-state index contributed by atoms with van der Waals surface area (Å²) in [7, 11) is 5.30. The first-order valence-corrected chi connectivity index (χ1v) is 18.7. The molecule has 12 atom stereocenters. The van der Waals surface area contributed by atoms with Crippen LogP contribution in [0.3, 0.4) is 0 Å². The molecule has 258 valence electrons. The van der Waals surface area contributed by atoms with Crippen molar-refractivity contribution in [3.8, 4) is 5.75 Å². The number of rotatable bonds is 3. The predicted molar refractivity (Wildman–Crippen MR) is 188 cm³/mol. The van der Waals surface area contributed by atoms with Crippen molar-refractivity contribution in [1.82, 2.24) is 9.80 Å². The molecule has 0 amide bonds. The van der Waals surface area contributed by atoms with Gasteiger partial charge in [-0.05, 0) is 87.1 Å². The molecule has 1 aromatic carbocycles. The van der Waals surface area contributed by atoms with E-state index in [4.69, 9.17) is 14.5 Å². The van der Waals surface area contributed by atoms with Crippen LogP contribution in [0.5, 0.6) is 5.75 Å². The fourth-order valence-corrected chi connectivity index (χ4v) is 14.0. The third kappa shape index (κ3) is 2.95. The van der Waals surface area contributed by atoms with E-state index in [1.807, 2.05) is 6.08 Å². The summed E-state index contributed by atoms with van der Waals surface area (Å²) in [6.45, 7) is 6.77. The molecule has 12 aliphatic rings. The third-order valence-electron chi connectivity index (χ3n) is 15.7. The Kier molecular flexibility index (Phi) is 5.58. The lowest BCUT2D eigenvalue weighted by molar-refractivity contribution is -0.156. The lowest BCUT2D eigenvalue weighted by Crippen LogP contribution is -2.68. The highest BCUT2D eigenvalue weighted by molar-refractivity contribution is 6.37. The molecule has 13 rings (SSSR count). The standard InChI is InChI=1S/C41H44N4O5/c1-6-20-18-44-11-10-40-26-15-32(46)24(13-28(26)42-41(40,44)9-8-22(20)35(40)38(48)50-5)25-12-27-29(16-33(25)49-4)43(3)36-30-14-23-21(7-2)19-45(30)31-17-39(27,36)37(47)34(23)31/h6-7,12-13,15-16,22-23,30-31,34-36H,8-11,14,17-19H2,1-5H3/b20-6-,21-7-/t22-,23-,30-,31-,34-,35+,36-,39+,40-,41-/m0/s1. The van der Waals surface area contributed by atoms with E-state index in [0.29, 0.717) is 29.1 Å². The van der Waals surface area contributed by atoms with Crippen molar-refractivity contribution in [1.29, 1.82) is 0 Å². The van der Waals surface area contributed by atoms with Gasteiger partial charge in [-0.2, -0.15) is 0 Å². The van der Waals surface area contributed by atoms with Crippen molar-refractivity contribution in [2.45, 2.75) is 75.2 Å². The number of fused-ring (bicyclic) bond motifs is 5. The molecule has 2 spiro atoms. The van der Waals surface area contributed by atoms with Crippen LogP contribution in [0.15, 0.2) is 58.1 Å². The summed E-state index contributed by atoms with van der Waals surface area (Å²) in [5.74, 6) is 0.767. The van der Waals surface area contributed by atoms with E-state index in [9.17, 15) is 14.4 Å². The number of nitrogens with zero attached hydrogens (tertiary/aromatic N) is 4. The minimum absolute atomic E-state index is 0.0346. The number of anilines is 1. The second-order valence-corrected chi connectivity index (χ2v) is 16.7. The molecule has 7 saturated heterocycles. The zero-order valence-electron chi connectivity index (χ0n) is 29.5. The van der Waals surface area contributed by atoms with Crippen molar-refractivity contribution < 1.29 is 23.9 Å². The Morgan fingerprint density at radius 3 is 2.58 bits per heavy atom. The van der Waals surface area contributed by atoms with E-state index in [1.54, 1.807) is 13.2 Å². The minimum atomic E-state index is -0.606. The number of ketones is 2. The van der Waals surface area contributed by atoms with Gasteiger partial charge in [-0.25, -0.2) is 0 Å². The summed E-state index contributed by atoms with van der Waals surface area (Å²) in [6.07, 6.45) is 12.5. The molecule has 0 N–H and O–H groups in total. The highest BCUT2D eigenvalue weighted by Crippen LogP contribution is 2.70. The van der Waals surface area contributed by atoms with E-state index in [1.165, 1.54) is 18.3 Å². The largest absolute Gasteiger partial charge is 0.496 e. The number of esters is 1. The molecule has 9 aliphatic heterocycles. The van der Waals surface area contributed by atoms with Crippen LogP contribution >= 0.6 is 0 Å². The van der Waals surface area contributed by atoms with Crippen LogP contribution in [0.4, 0.5) is 5.69 Å². The molecule has 9 heteroatoms. The van der Waals surface area contributed by atoms with Gasteiger partial charge in [-0.3, -0.25) is 29.2 Å². The summed E-state index contributed by atoms with van der Waals surface area (Å²) in [5, 5.41) is 0. The van der Waals surface area contributed by atoms with Gasteiger partial charge in [-0.15, -0.1) is 0 Å². The zero-order valence-corrected chi connectivity index (χ0v) is 29.5. The summed E-state index contributed by atoms with van der Waals surface area (Å²) in [4.78, 5) is 56.3. The summed E-state index contributed by atoms with van der Waals surface area (Å²) in [6, 6.07) is 4.88. The number of hydrogen-bond acceptors (Lipinski definition) is 9. The van der Waals surface area contributed by atoms with Gasteiger partial charge in [-0.1, -0.05) is 23.3 Å². The lowest BCUT2D eigenvalue weighted by atomic mass is 9.53. The first-order valence-electron chi connectivity index (χ1n) is 18.7. The second-order valence-electron chi connectivity index (χ2n) is 16.7. The van der Waals surface area contributed by atoms with Crippen molar-refractivity contribution in [3.63, 3.8) is 0 Å². The SMILES string of the molecule is C/C=C1/CN2[C@H]3C[C@]45C(=O)[C@H]3[C@H]1C[C@H]2[C@@H]4N(C)c1cc(OC)c(C2=CC3=N[C@@]46CC[C@H]7/C(=C\C)CN4CC[C@]6(C3=CC2=O)[C@H]7C(=O)OC)cc15. The Bertz CT molecular complexity index is 2040. The number of allylic oxidation sites excluding steroid dienone is 5. The fourth-order valence-electron chi connectivity index (χ4n) is 14.0. The molecular formula is C41H44N4O5. The molecule has 0 aromatic heterocycles. The monoisotopic (exact) mass is 672 g/mol. The van der Waals surface area contributed by atoms with Crippen LogP contribution in [0.2, 0.25) is 0 Å². The fraction of sp³-hybridized carbons (Fsp3) is 0.561. The number of ether oxygens (including phenoxy) is 2. The Balaban J connectivity index is 1.06. The van der Waals surface area contributed by atoms with E-state index in [2.05, 4.69) is 59.9 Å². The number of Topliss-reactive ketones (excluding diaryl/α,β-unsaturated/α-hetero) is 1. The Labute approximate surface area is 292 Å². The van der Waals surface area contributed by atoms with Gasteiger partial charge < -0.3 is 14.4 Å². The maximum absolute atomic E-state index is 14.9. The molecule has 9 nitrogen and oxygen atoms in total. The molecule has 50 heavy (non-hydrogen) atoms. The van der Waals surface area contributed by atoms with E-state index < -0.39 is 22.4 Å². The summed E-state index contributed by atoms with van der Waals surface area (Å²) >= 11 is 0. The maximum atomic E-state index is 14.9. The third-order valence-corrected chi connectivity index (χ3v) is 15.7. The second kappa shape index (κ2) is 9.34. The van der Waals surface area contributed by atoms with Crippen LogP contribution in [-0.4, -0.2) is 97.7 Å². The van der Waals surface area contributed by atoms with Gasteiger partial charge in [0.15, 0.2) is 11.6 Å². The van der Waals surface area contributed by atoms with Gasteiger partial charge in [0.2, 0.25) is 0 Å². The molecule has 3 aliphatic carbocycles. The number of aliphatic imine (C=N–C) groups is 1. The first kappa shape index (κ1) is 29.9. The summed E-state index contributed by atoms with van der Waals surface area (Å²) in [5.41, 5.74) is 6.00. The average molecular weight is 673 g/mol. The molecule has 9 fully saturated rings.